The second-order valence-electron chi connectivity index (χ2n) is 7.34. The van der Waals surface area contributed by atoms with Crippen LogP contribution in [0.25, 0.3) is 11.1 Å². The number of anilines is 2. The molecule has 4 nitrogen and oxygen atoms in total. The third-order valence-corrected chi connectivity index (χ3v) is 5.03. The molecule has 0 radical (unpaired) electrons. The first kappa shape index (κ1) is 16.5. The molecule has 0 unspecified atom stereocenters. The van der Waals surface area contributed by atoms with Crippen LogP contribution in [0.5, 0.6) is 0 Å². The molecule has 0 N–H and O–H groups in total. The van der Waals surface area contributed by atoms with E-state index in [2.05, 4.69) is 34.2 Å². The van der Waals surface area contributed by atoms with Crippen LogP contribution in [-0.4, -0.2) is 15.9 Å². The highest BCUT2D eigenvalue weighted by atomic mass is 16.2. The number of pyridine rings is 2. The van der Waals surface area contributed by atoms with Crippen LogP contribution in [0.4, 0.5) is 11.4 Å². The Bertz CT molecular complexity index is 1010. The highest BCUT2D eigenvalue weighted by Crippen LogP contribution is 2.46. The number of aromatic nitrogens is 2. The van der Waals surface area contributed by atoms with Crippen LogP contribution in [0.3, 0.4) is 0 Å². The van der Waals surface area contributed by atoms with Crippen LogP contribution in [0.15, 0.2) is 54.9 Å². The molecule has 1 aliphatic rings. The lowest BCUT2D eigenvalue weighted by Crippen LogP contribution is -2.33. The Kier molecular flexibility index (Phi) is 3.65. The van der Waals surface area contributed by atoms with E-state index in [0.717, 1.165) is 39.5 Å². The summed E-state index contributed by atoms with van der Waals surface area (Å²) < 4.78 is 0. The first-order chi connectivity index (χ1) is 12.4. The summed E-state index contributed by atoms with van der Waals surface area (Å²) in [5.41, 5.74) is 6.24. The van der Waals surface area contributed by atoms with Gasteiger partial charge in [0.05, 0.1) is 16.8 Å². The van der Waals surface area contributed by atoms with E-state index >= 15 is 0 Å². The molecule has 2 aromatic heterocycles. The molecule has 0 aliphatic carbocycles. The quantitative estimate of drug-likeness (QED) is 0.676. The normalized spacial score (nSPS) is 15.2. The van der Waals surface area contributed by atoms with Gasteiger partial charge in [-0.25, -0.2) is 0 Å². The van der Waals surface area contributed by atoms with Crippen LogP contribution in [0, 0.1) is 13.8 Å². The van der Waals surface area contributed by atoms with E-state index in [-0.39, 0.29) is 5.91 Å². The minimum absolute atomic E-state index is 0.0808. The number of carbonyl (C=O) groups excluding carboxylic acids is 1. The fraction of sp³-hybridized carbons (Fsp3) is 0.227. The van der Waals surface area contributed by atoms with Gasteiger partial charge in [-0.2, -0.15) is 0 Å². The zero-order valence-electron chi connectivity index (χ0n) is 15.4. The van der Waals surface area contributed by atoms with Gasteiger partial charge in [-0.3, -0.25) is 19.7 Å². The van der Waals surface area contributed by atoms with E-state index in [9.17, 15) is 4.79 Å². The van der Waals surface area contributed by atoms with Gasteiger partial charge in [-0.15, -0.1) is 0 Å². The summed E-state index contributed by atoms with van der Waals surface area (Å²) in [5, 5.41) is 0. The zero-order chi connectivity index (χ0) is 18.5. The number of carbonyl (C=O) groups is 1. The standard InChI is InChI=1S/C22H21N3O/c1-14-5-6-17(13-24-14)16-7-8-19-20(12-16)25(21(26)22(19,3)4)18-9-10-23-15(2)11-18/h5-13H,1-4H3. The lowest BCUT2D eigenvalue weighted by molar-refractivity contribution is -0.121. The van der Waals surface area contributed by atoms with Crippen molar-refractivity contribution >= 4 is 17.3 Å². The fourth-order valence-electron chi connectivity index (χ4n) is 3.49. The molecule has 0 saturated heterocycles. The topological polar surface area (TPSA) is 46.1 Å². The van der Waals surface area contributed by atoms with Crippen molar-refractivity contribution in [3.63, 3.8) is 0 Å². The predicted molar refractivity (Wildman–Crippen MR) is 104 cm³/mol. The molecular weight excluding hydrogens is 322 g/mol. The first-order valence-electron chi connectivity index (χ1n) is 8.73. The van der Waals surface area contributed by atoms with E-state index in [4.69, 9.17) is 0 Å². The molecule has 0 bridgehead atoms. The van der Waals surface area contributed by atoms with Gasteiger partial charge in [0.2, 0.25) is 5.91 Å². The maximum atomic E-state index is 13.2. The second kappa shape index (κ2) is 5.77. The molecule has 0 saturated carbocycles. The number of amides is 1. The number of benzene rings is 1. The summed E-state index contributed by atoms with van der Waals surface area (Å²) in [7, 11) is 0. The summed E-state index contributed by atoms with van der Waals surface area (Å²) in [5.74, 6) is 0.0808. The summed E-state index contributed by atoms with van der Waals surface area (Å²) in [6, 6.07) is 14.1. The van der Waals surface area contributed by atoms with E-state index in [1.54, 1.807) is 6.20 Å². The summed E-state index contributed by atoms with van der Waals surface area (Å²) in [6.07, 6.45) is 3.62. The number of fused-ring (bicyclic) bond motifs is 1. The van der Waals surface area contributed by atoms with Crippen molar-refractivity contribution in [2.24, 2.45) is 0 Å². The molecule has 3 aromatic rings. The molecule has 1 aromatic carbocycles. The van der Waals surface area contributed by atoms with Crippen LogP contribution in [0.2, 0.25) is 0 Å². The predicted octanol–water partition coefficient (Wildman–Crippen LogP) is 4.72. The minimum Gasteiger partial charge on any atom is -0.280 e. The molecule has 4 heteroatoms. The van der Waals surface area contributed by atoms with Crippen molar-refractivity contribution < 1.29 is 4.79 Å². The van der Waals surface area contributed by atoms with Gasteiger partial charge in [0.25, 0.3) is 0 Å². The second-order valence-corrected chi connectivity index (χ2v) is 7.34. The molecule has 1 aliphatic heterocycles. The van der Waals surface area contributed by atoms with E-state index in [1.807, 2.05) is 57.0 Å². The Morgan fingerprint density at radius 2 is 1.65 bits per heavy atom. The molecule has 0 atom stereocenters. The molecule has 0 fully saturated rings. The Labute approximate surface area is 153 Å². The van der Waals surface area contributed by atoms with Gasteiger partial charge >= 0.3 is 0 Å². The van der Waals surface area contributed by atoms with Crippen molar-refractivity contribution in [3.05, 3.63) is 71.8 Å². The van der Waals surface area contributed by atoms with E-state index < -0.39 is 5.41 Å². The Morgan fingerprint density at radius 3 is 2.35 bits per heavy atom. The minimum atomic E-state index is -0.559. The van der Waals surface area contributed by atoms with Crippen LogP contribution in [-0.2, 0) is 10.2 Å². The van der Waals surface area contributed by atoms with E-state index in [0.29, 0.717) is 0 Å². The number of hydrogen-bond donors (Lipinski definition) is 0. The lowest BCUT2D eigenvalue weighted by Gasteiger charge is -2.20. The average Bonchev–Trinajstić information content (AvgIpc) is 2.81. The monoisotopic (exact) mass is 343 g/mol. The number of nitrogens with zero attached hydrogens (tertiary/aromatic N) is 3. The first-order valence-corrected chi connectivity index (χ1v) is 8.73. The van der Waals surface area contributed by atoms with Gasteiger partial charge in [0, 0.05) is 29.3 Å². The zero-order valence-corrected chi connectivity index (χ0v) is 15.4. The third-order valence-electron chi connectivity index (χ3n) is 5.03. The molecule has 26 heavy (non-hydrogen) atoms. The smallest absolute Gasteiger partial charge is 0.241 e. The van der Waals surface area contributed by atoms with Crippen molar-refractivity contribution in [1.29, 1.82) is 0 Å². The third kappa shape index (κ3) is 2.49. The van der Waals surface area contributed by atoms with Gasteiger partial charge < -0.3 is 0 Å². The maximum Gasteiger partial charge on any atom is 0.241 e. The van der Waals surface area contributed by atoms with Crippen molar-refractivity contribution in [1.82, 2.24) is 9.97 Å². The molecule has 4 rings (SSSR count). The number of rotatable bonds is 2. The maximum absolute atomic E-state index is 13.2. The number of hydrogen-bond acceptors (Lipinski definition) is 3. The summed E-state index contributed by atoms with van der Waals surface area (Å²) in [6.45, 7) is 7.87. The Balaban J connectivity index is 1.89. The summed E-state index contributed by atoms with van der Waals surface area (Å²) >= 11 is 0. The Hall–Kier alpha value is -3.01. The van der Waals surface area contributed by atoms with Crippen molar-refractivity contribution in [2.45, 2.75) is 33.1 Å². The molecular formula is C22H21N3O. The Morgan fingerprint density at radius 1 is 0.885 bits per heavy atom. The molecule has 130 valence electrons. The molecule has 0 spiro atoms. The van der Waals surface area contributed by atoms with Crippen molar-refractivity contribution in [2.75, 3.05) is 4.90 Å². The van der Waals surface area contributed by atoms with Crippen molar-refractivity contribution in [3.8, 4) is 11.1 Å². The van der Waals surface area contributed by atoms with E-state index in [1.165, 1.54) is 0 Å². The largest absolute Gasteiger partial charge is 0.280 e. The van der Waals surface area contributed by atoms with Gasteiger partial charge in [-0.1, -0.05) is 18.2 Å². The fourth-order valence-corrected chi connectivity index (χ4v) is 3.49. The average molecular weight is 343 g/mol. The SMILES string of the molecule is Cc1ccc(-c2ccc3c(c2)N(c2ccnc(C)c2)C(=O)C3(C)C)cn1. The highest BCUT2D eigenvalue weighted by Gasteiger charge is 2.44. The summed E-state index contributed by atoms with van der Waals surface area (Å²) in [4.78, 5) is 23.6. The lowest BCUT2D eigenvalue weighted by atomic mass is 9.85. The number of aryl methyl sites for hydroxylation is 2. The molecule has 1 amide bonds. The van der Waals surface area contributed by atoms with Crippen LogP contribution in [0.1, 0.15) is 30.8 Å². The van der Waals surface area contributed by atoms with Gasteiger partial charge in [0.15, 0.2) is 0 Å². The van der Waals surface area contributed by atoms with Crippen LogP contribution >= 0.6 is 0 Å². The van der Waals surface area contributed by atoms with Gasteiger partial charge in [0.1, 0.15) is 0 Å². The van der Waals surface area contributed by atoms with Gasteiger partial charge in [-0.05, 0) is 63.1 Å². The molecule has 3 heterocycles. The van der Waals surface area contributed by atoms with Crippen LogP contribution < -0.4 is 4.90 Å². The highest BCUT2D eigenvalue weighted by molar-refractivity contribution is 6.13.